The average molecular weight is 317 g/mol. The summed E-state index contributed by atoms with van der Waals surface area (Å²) in [4.78, 5) is 0.816. The Morgan fingerprint density at radius 2 is 1.87 bits per heavy atom. The molecule has 0 aliphatic heterocycles. The number of benzene rings is 1. The van der Waals surface area contributed by atoms with Crippen LogP contribution in [0, 0.1) is 27.9 Å². The molecule has 0 aliphatic carbocycles. The highest BCUT2D eigenvalue weighted by molar-refractivity contribution is 7.13. The van der Waals surface area contributed by atoms with Gasteiger partial charge in [0.25, 0.3) is 0 Å². The van der Waals surface area contributed by atoms with E-state index in [-0.39, 0.29) is 11.1 Å². The first-order valence-corrected chi connectivity index (χ1v) is 7.57. The van der Waals surface area contributed by atoms with E-state index in [4.69, 9.17) is 9.68 Å². The van der Waals surface area contributed by atoms with Crippen LogP contribution in [0.2, 0.25) is 0 Å². The molecule has 4 rings (SSSR count). The smallest absolute Gasteiger partial charge is 0.245 e. The Labute approximate surface area is 134 Å². The first-order chi connectivity index (χ1) is 11.2. The average Bonchev–Trinajstić information content (AvgIpc) is 3.21. The minimum absolute atomic E-state index is 0.256. The van der Waals surface area contributed by atoms with E-state index < -0.39 is 0 Å². The van der Waals surface area contributed by atoms with Crippen LogP contribution >= 0.6 is 11.3 Å². The second-order valence-corrected chi connectivity index (χ2v) is 5.87. The van der Waals surface area contributed by atoms with E-state index in [0.717, 1.165) is 9.61 Å². The molecule has 0 aliphatic rings. The highest BCUT2D eigenvalue weighted by atomic mass is 32.1. The number of hydrogen-bond donors (Lipinski definition) is 0. The van der Waals surface area contributed by atoms with Crippen molar-refractivity contribution in [3.8, 4) is 22.7 Å². The Hall–Kier alpha value is -3.35. The lowest BCUT2D eigenvalue weighted by atomic mass is 10.0. The molecule has 3 aromatic heterocycles. The Morgan fingerprint density at radius 1 is 1.09 bits per heavy atom. The van der Waals surface area contributed by atoms with Gasteiger partial charge in [0, 0.05) is 17.5 Å². The molecule has 0 fully saturated rings. The summed E-state index contributed by atoms with van der Waals surface area (Å²) in [6.07, 6.45) is 1.40. The van der Waals surface area contributed by atoms with Crippen molar-refractivity contribution in [2.24, 2.45) is 0 Å². The fourth-order valence-electron chi connectivity index (χ4n) is 2.67. The number of nitriles is 2. The van der Waals surface area contributed by atoms with E-state index in [9.17, 15) is 10.5 Å². The molecule has 0 spiro atoms. The van der Waals surface area contributed by atoms with Crippen LogP contribution in [0.3, 0.4) is 0 Å². The maximum absolute atomic E-state index is 12.3. The molecule has 0 bridgehead atoms. The second kappa shape index (κ2) is 4.84. The van der Waals surface area contributed by atoms with E-state index in [1.807, 2.05) is 29.7 Å². The van der Waals surface area contributed by atoms with Gasteiger partial charge in [-0.25, -0.2) is 0 Å². The number of pyridine rings is 1. The first-order valence-electron chi connectivity index (χ1n) is 6.69. The van der Waals surface area contributed by atoms with Crippen molar-refractivity contribution in [2.75, 3.05) is 0 Å². The monoisotopic (exact) mass is 317 g/mol. The van der Waals surface area contributed by atoms with Gasteiger partial charge < -0.3 is 9.62 Å². The number of hydrogen-bond acceptors (Lipinski definition) is 5. The quantitative estimate of drug-likeness (QED) is 0.395. The van der Waals surface area contributed by atoms with Crippen LogP contribution in [0.15, 0.2) is 46.3 Å². The van der Waals surface area contributed by atoms with Crippen LogP contribution < -0.4 is 4.73 Å². The lowest BCUT2D eigenvalue weighted by molar-refractivity contribution is -0.592. The molecule has 0 radical (unpaired) electrons. The zero-order chi connectivity index (χ0) is 16.0. The Kier molecular flexibility index (Phi) is 2.80. The van der Waals surface area contributed by atoms with Crippen molar-refractivity contribution < 1.29 is 9.15 Å². The van der Waals surface area contributed by atoms with Crippen LogP contribution in [-0.4, -0.2) is 0 Å². The third-order valence-electron chi connectivity index (χ3n) is 3.67. The van der Waals surface area contributed by atoms with Crippen LogP contribution in [0.4, 0.5) is 0 Å². The molecule has 0 atom stereocenters. The normalized spacial score (nSPS) is 10.7. The van der Waals surface area contributed by atoms with Crippen LogP contribution in [0.1, 0.15) is 11.1 Å². The maximum atomic E-state index is 12.3. The molecule has 1 aromatic carbocycles. The zero-order valence-corrected chi connectivity index (χ0v) is 12.4. The third-order valence-corrected chi connectivity index (χ3v) is 4.55. The zero-order valence-electron chi connectivity index (χ0n) is 11.6. The molecule has 23 heavy (non-hydrogen) atoms. The molecule has 0 saturated heterocycles. The summed E-state index contributed by atoms with van der Waals surface area (Å²) in [6.45, 7) is 0. The second-order valence-electron chi connectivity index (χ2n) is 4.93. The molecule has 0 unspecified atom stereocenters. The van der Waals surface area contributed by atoms with Crippen LogP contribution in [0.5, 0.6) is 0 Å². The molecular formula is C17H7N3O2S. The fourth-order valence-corrected chi connectivity index (χ4v) is 3.44. The molecule has 0 saturated carbocycles. The Balaban J connectivity index is 2.21. The van der Waals surface area contributed by atoms with E-state index in [1.165, 1.54) is 17.5 Å². The lowest BCUT2D eigenvalue weighted by Crippen LogP contribution is -2.28. The summed E-state index contributed by atoms with van der Waals surface area (Å²) >= 11 is 1.45. The molecular weight excluding hydrogens is 310 g/mol. The molecule has 4 aromatic rings. The van der Waals surface area contributed by atoms with Gasteiger partial charge in [-0.2, -0.15) is 15.3 Å². The van der Waals surface area contributed by atoms with Gasteiger partial charge in [-0.1, -0.05) is 6.07 Å². The maximum Gasteiger partial charge on any atom is 0.245 e. The predicted molar refractivity (Wildman–Crippen MR) is 85.4 cm³/mol. The number of nitrogens with zero attached hydrogens (tertiary/aromatic N) is 3. The van der Waals surface area contributed by atoms with Gasteiger partial charge in [-0.3, -0.25) is 0 Å². The van der Waals surface area contributed by atoms with Gasteiger partial charge in [-0.05, 0) is 17.5 Å². The summed E-state index contributed by atoms with van der Waals surface area (Å²) in [5.74, 6) is 0. The highest BCUT2D eigenvalue weighted by Crippen LogP contribution is 2.37. The van der Waals surface area contributed by atoms with Crippen LogP contribution in [-0.2, 0) is 0 Å². The van der Waals surface area contributed by atoms with Gasteiger partial charge in [0.1, 0.15) is 33.6 Å². The fraction of sp³-hybridized carbons (Fsp3) is 0. The SMILES string of the molecule is N#Cc1cc2oc3cc[n+]([O-])c(-c4cccs4)c3c2cc1C#N. The minimum atomic E-state index is 0.256. The lowest BCUT2D eigenvalue weighted by Gasteiger charge is -2.03. The van der Waals surface area contributed by atoms with E-state index >= 15 is 0 Å². The van der Waals surface area contributed by atoms with Gasteiger partial charge >= 0.3 is 0 Å². The van der Waals surface area contributed by atoms with Crippen molar-refractivity contribution >= 4 is 33.3 Å². The van der Waals surface area contributed by atoms with Crippen molar-refractivity contribution in [2.45, 2.75) is 0 Å². The number of rotatable bonds is 1. The standard InChI is InChI=1S/C17H7N3O2S/c18-8-10-6-12-14(7-11(10)9-19)22-13-3-4-20(21)17(16(12)13)15-2-1-5-23-15/h1-7H. The van der Waals surface area contributed by atoms with E-state index in [0.29, 0.717) is 27.6 Å². The number of thiophene rings is 1. The van der Waals surface area contributed by atoms with Gasteiger partial charge in [-0.15, -0.1) is 11.3 Å². The molecule has 0 N–H and O–H groups in total. The summed E-state index contributed by atoms with van der Waals surface area (Å²) in [5.41, 5.74) is 2.05. The largest absolute Gasteiger partial charge is 0.618 e. The topological polar surface area (TPSA) is 87.7 Å². The summed E-state index contributed by atoms with van der Waals surface area (Å²) in [6, 6.07) is 12.5. The molecule has 0 amide bonds. The van der Waals surface area contributed by atoms with Crippen molar-refractivity contribution in [1.29, 1.82) is 10.5 Å². The molecule has 108 valence electrons. The number of furan rings is 1. The number of aromatic nitrogens is 1. The molecule has 5 nitrogen and oxygen atoms in total. The molecule has 6 heteroatoms. The Bertz CT molecular complexity index is 1140. The summed E-state index contributed by atoms with van der Waals surface area (Å²) in [5, 5.41) is 33.9. The first kappa shape index (κ1) is 13.3. The van der Waals surface area contributed by atoms with Crippen LogP contribution in [0.25, 0.3) is 32.5 Å². The summed E-state index contributed by atoms with van der Waals surface area (Å²) < 4.78 is 6.58. The highest BCUT2D eigenvalue weighted by Gasteiger charge is 2.22. The summed E-state index contributed by atoms with van der Waals surface area (Å²) in [7, 11) is 0. The third kappa shape index (κ3) is 1.87. The Morgan fingerprint density at radius 3 is 2.57 bits per heavy atom. The van der Waals surface area contributed by atoms with Crippen molar-refractivity contribution in [1.82, 2.24) is 0 Å². The molecule has 3 heterocycles. The predicted octanol–water partition coefficient (Wildman–Crippen LogP) is 3.69. The van der Waals surface area contributed by atoms with E-state index in [2.05, 4.69) is 0 Å². The minimum Gasteiger partial charge on any atom is -0.618 e. The van der Waals surface area contributed by atoms with Crippen molar-refractivity contribution in [3.05, 3.63) is 58.2 Å². The van der Waals surface area contributed by atoms with Gasteiger partial charge in [0.15, 0.2) is 6.20 Å². The van der Waals surface area contributed by atoms with E-state index in [1.54, 1.807) is 18.2 Å². The van der Waals surface area contributed by atoms with Gasteiger partial charge in [0.05, 0.1) is 11.1 Å². The number of fused-ring (bicyclic) bond motifs is 3. The van der Waals surface area contributed by atoms with Crippen molar-refractivity contribution in [3.63, 3.8) is 0 Å². The van der Waals surface area contributed by atoms with Gasteiger partial charge in [0.2, 0.25) is 5.69 Å².